The first-order valence-electron chi connectivity index (χ1n) is 5.95. The normalized spacial score (nSPS) is 10.2. The Morgan fingerprint density at radius 2 is 2.05 bits per heavy atom. The van der Waals surface area contributed by atoms with Gasteiger partial charge in [0.15, 0.2) is 5.69 Å². The molecular formula is C14H14N2O3. The average molecular weight is 258 g/mol. The van der Waals surface area contributed by atoms with Gasteiger partial charge in [-0.2, -0.15) is 4.98 Å². The van der Waals surface area contributed by atoms with E-state index in [1.54, 1.807) is 6.92 Å². The van der Waals surface area contributed by atoms with E-state index in [1.165, 1.54) is 6.07 Å². The molecule has 5 heteroatoms. The summed E-state index contributed by atoms with van der Waals surface area (Å²) in [6.07, 6.45) is 0.813. The number of benzene rings is 1. The maximum atomic E-state index is 10.9. The minimum Gasteiger partial charge on any atom is -0.477 e. The molecule has 0 fully saturated rings. The summed E-state index contributed by atoms with van der Waals surface area (Å²) in [5, 5.41) is 8.95. The monoisotopic (exact) mass is 258 g/mol. The van der Waals surface area contributed by atoms with Crippen molar-refractivity contribution >= 4 is 5.97 Å². The Bertz CT molecular complexity index is 611. The summed E-state index contributed by atoms with van der Waals surface area (Å²) in [7, 11) is 0. The van der Waals surface area contributed by atoms with Gasteiger partial charge in [-0.1, -0.05) is 25.1 Å². The van der Waals surface area contributed by atoms with Crippen LogP contribution in [-0.2, 0) is 6.42 Å². The lowest BCUT2D eigenvalue weighted by atomic mass is 10.1. The van der Waals surface area contributed by atoms with Crippen molar-refractivity contribution in [1.82, 2.24) is 9.97 Å². The van der Waals surface area contributed by atoms with Gasteiger partial charge in [0, 0.05) is 5.69 Å². The molecule has 2 rings (SSSR count). The molecule has 0 aliphatic heterocycles. The van der Waals surface area contributed by atoms with Gasteiger partial charge >= 0.3 is 12.0 Å². The number of carboxylic acids is 1. The standard InChI is InChI=1S/C14H14N2O3/c1-3-10-6-4-5-7-12(10)19-14-15-9(2)8-11(16-14)13(17)18/h4-8H,3H2,1-2H3,(H,17,18). The molecule has 5 nitrogen and oxygen atoms in total. The van der Waals surface area contributed by atoms with Crippen LogP contribution in [0.2, 0.25) is 0 Å². The predicted octanol–water partition coefficient (Wildman–Crippen LogP) is 2.84. The van der Waals surface area contributed by atoms with Gasteiger partial charge in [0.25, 0.3) is 0 Å². The number of carbonyl (C=O) groups is 1. The van der Waals surface area contributed by atoms with Crippen molar-refractivity contribution < 1.29 is 14.6 Å². The summed E-state index contributed by atoms with van der Waals surface area (Å²) in [5.74, 6) is -0.453. The highest BCUT2D eigenvalue weighted by molar-refractivity contribution is 5.85. The first-order chi connectivity index (χ1) is 9.10. The Balaban J connectivity index is 2.35. The average Bonchev–Trinajstić information content (AvgIpc) is 2.38. The molecule has 0 saturated heterocycles. The van der Waals surface area contributed by atoms with Crippen molar-refractivity contribution in [3.05, 3.63) is 47.3 Å². The number of aromatic nitrogens is 2. The molecule has 0 amide bonds. The number of rotatable bonds is 4. The fourth-order valence-corrected chi connectivity index (χ4v) is 1.69. The Kier molecular flexibility index (Phi) is 3.75. The zero-order valence-corrected chi connectivity index (χ0v) is 10.8. The summed E-state index contributed by atoms with van der Waals surface area (Å²) < 4.78 is 5.59. The highest BCUT2D eigenvalue weighted by atomic mass is 16.5. The van der Waals surface area contributed by atoms with Crippen LogP contribution in [0, 0.1) is 6.92 Å². The fraction of sp³-hybridized carbons (Fsp3) is 0.214. The molecule has 0 atom stereocenters. The van der Waals surface area contributed by atoms with Crippen LogP contribution < -0.4 is 4.74 Å². The van der Waals surface area contributed by atoms with Gasteiger partial charge in [-0.3, -0.25) is 0 Å². The molecule has 0 spiro atoms. The number of aromatic carboxylic acids is 1. The summed E-state index contributed by atoms with van der Waals surface area (Å²) in [4.78, 5) is 18.9. The lowest BCUT2D eigenvalue weighted by Crippen LogP contribution is -2.04. The van der Waals surface area contributed by atoms with Crippen molar-refractivity contribution in [1.29, 1.82) is 0 Å². The van der Waals surface area contributed by atoms with Crippen LogP contribution in [0.4, 0.5) is 0 Å². The van der Waals surface area contributed by atoms with Gasteiger partial charge in [-0.25, -0.2) is 9.78 Å². The van der Waals surface area contributed by atoms with E-state index in [2.05, 4.69) is 9.97 Å². The number of hydrogen-bond donors (Lipinski definition) is 1. The molecular weight excluding hydrogens is 244 g/mol. The third-order valence-electron chi connectivity index (χ3n) is 2.61. The number of nitrogens with zero attached hydrogens (tertiary/aromatic N) is 2. The summed E-state index contributed by atoms with van der Waals surface area (Å²) in [5.41, 5.74) is 1.50. The van der Waals surface area contributed by atoms with Crippen molar-refractivity contribution in [3.63, 3.8) is 0 Å². The molecule has 0 aliphatic rings. The first-order valence-corrected chi connectivity index (χ1v) is 5.95. The molecule has 1 aromatic carbocycles. The van der Waals surface area contributed by atoms with Gasteiger partial charge in [0.2, 0.25) is 0 Å². The van der Waals surface area contributed by atoms with Crippen LogP contribution in [0.3, 0.4) is 0 Å². The topological polar surface area (TPSA) is 72.3 Å². The maximum absolute atomic E-state index is 10.9. The first kappa shape index (κ1) is 13.0. The Hall–Kier alpha value is -2.43. The van der Waals surface area contributed by atoms with E-state index in [4.69, 9.17) is 9.84 Å². The molecule has 19 heavy (non-hydrogen) atoms. The molecule has 1 aromatic heterocycles. The van der Waals surface area contributed by atoms with Gasteiger partial charge in [0.1, 0.15) is 5.75 Å². The second-order valence-electron chi connectivity index (χ2n) is 4.05. The van der Waals surface area contributed by atoms with Crippen LogP contribution >= 0.6 is 0 Å². The van der Waals surface area contributed by atoms with E-state index in [-0.39, 0.29) is 11.7 Å². The zero-order chi connectivity index (χ0) is 13.8. The Morgan fingerprint density at radius 3 is 2.74 bits per heavy atom. The van der Waals surface area contributed by atoms with E-state index in [0.717, 1.165) is 12.0 Å². The number of hydrogen-bond acceptors (Lipinski definition) is 4. The van der Waals surface area contributed by atoms with Crippen molar-refractivity contribution in [2.24, 2.45) is 0 Å². The number of ether oxygens (including phenoxy) is 1. The molecule has 2 aromatic rings. The molecule has 0 aliphatic carbocycles. The van der Waals surface area contributed by atoms with Crippen LogP contribution in [0.25, 0.3) is 0 Å². The zero-order valence-electron chi connectivity index (χ0n) is 10.8. The fourth-order valence-electron chi connectivity index (χ4n) is 1.69. The van der Waals surface area contributed by atoms with E-state index in [9.17, 15) is 4.79 Å². The molecule has 0 radical (unpaired) electrons. The smallest absolute Gasteiger partial charge is 0.354 e. The van der Waals surface area contributed by atoms with Crippen LogP contribution in [0.5, 0.6) is 11.8 Å². The van der Waals surface area contributed by atoms with E-state index >= 15 is 0 Å². The second-order valence-corrected chi connectivity index (χ2v) is 4.05. The Morgan fingerprint density at radius 1 is 1.32 bits per heavy atom. The number of aryl methyl sites for hydroxylation is 2. The van der Waals surface area contributed by atoms with Crippen LogP contribution in [0.1, 0.15) is 28.7 Å². The highest BCUT2D eigenvalue weighted by Crippen LogP contribution is 2.23. The molecule has 1 heterocycles. The van der Waals surface area contributed by atoms with Crippen molar-refractivity contribution in [2.45, 2.75) is 20.3 Å². The van der Waals surface area contributed by atoms with Crippen LogP contribution in [0.15, 0.2) is 30.3 Å². The minimum atomic E-state index is -1.10. The van der Waals surface area contributed by atoms with Crippen LogP contribution in [-0.4, -0.2) is 21.0 Å². The quantitative estimate of drug-likeness (QED) is 0.912. The number of carboxylic acid groups (broad SMARTS) is 1. The lowest BCUT2D eigenvalue weighted by molar-refractivity contribution is 0.0689. The van der Waals surface area contributed by atoms with E-state index < -0.39 is 5.97 Å². The minimum absolute atomic E-state index is 0.0540. The van der Waals surface area contributed by atoms with Crippen molar-refractivity contribution in [3.8, 4) is 11.8 Å². The van der Waals surface area contributed by atoms with E-state index in [1.807, 2.05) is 31.2 Å². The number of para-hydroxylation sites is 1. The highest BCUT2D eigenvalue weighted by Gasteiger charge is 2.11. The van der Waals surface area contributed by atoms with Gasteiger partial charge in [0.05, 0.1) is 0 Å². The van der Waals surface area contributed by atoms with Crippen molar-refractivity contribution in [2.75, 3.05) is 0 Å². The molecule has 1 N–H and O–H groups in total. The van der Waals surface area contributed by atoms with E-state index in [0.29, 0.717) is 11.4 Å². The molecule has 98 valence electrons. The molecule has 0 saturated carbocycles. The third-order valence-corrected chi connectivity index (χ3v) is 2.61. The molecule has 0 unspecified atom stereocenters. The predicted molar refractivity (Wildman–Crippen MR) is 69.6 cm³/mol. The third kappa shape index (κ3) is 3.07. The summed E-state index contributed by atoms with van der Waals surface area (Å²) in [6, 6.07) is 8.99. The lowest BCUT2D eigenvalue weighted by Gasteiger charge is -2.09. The van der Waals surface area contributed by atoms with Gasteiger partial charge in [-0.05, 0) is 31.0 Å². The Labute approximate surface area is 110 Å². The SMILES string of the molecule is CCc1ccccc1Oc1nc(C)cc(C(=O)O)n1. The van der Waals surface area contributed by atoms with Gasteiger partial charge in [-0.15, -0.1) is 0 Å². The summed E-state index contributed by atoms with van der Waals surface area (Å²) in [6.45, 7) is 3.72. The maximum Gasteiger partial charge on any atom is 0.354 e. The molecule has 0 bridgehead atoms. The second kappa shape index (κ2) is 5.48. The summed E-state index contributed by atoms with van der Waals surface area (Å²) >= 11 is 0. The largest absolute Gasteiger partial charge is 0.477 e. The van der Waals surface area contributed by atoms with Gasteiger partial charge < -0.3 is 9.84 Å².